The van der Waals surface area contributed by atoms with Gasteiger partial charge in [0.15, 0.2) is 5.82 Å². The number of urea groups is 1. The number of fused-ring (bicyclic) bond motifs is 2. The molecule has 1 saturated carbocycles. The average molecular weight is 522 g/mol. The van der Waals surface area contributed by atoms with Gasteiger partial charge in [-0.2, -0.15) is 5.10 Å². The summed E-state index contributed by atoms with van der Waals surface area (Å²) in [7, 11) is 0. The molecule has 3 aliphatic rings. The van der Waals surface area contributed by atoms with Crippen molar-refractivity contribution in [2.75, 3.05) is 41.3 Å². The fourth-order valence-corrected chi connectivity index (χ4v) is 5.55. The molecule has 5 heterocycles. The zero-order valence-corrected chi connectivity index (χ0v) is 22.1. The van der Waals surface area contributed by atoms with Crippen molar-refractivity contribution >= 4 is 34.8 Å². The van der Waals surface area contributed by atoms with Gasteiger partial charge in [0.05, 0.1) is 28.6 Å². The minimum atomic E-state index is -0.562. The predicted octanol–water partition coefficient (Wildman–Crippen LogP) is 4.36. The van der Waals surface area contributed by atoms with Crippen LogP contribution in [0, 0.1) is 12.7 Å². The molecule has 38 heavy (non-hydrogen) atoms. The summed E-state index contributed by atoms with van der Waals surface area (Å²) in [6, 6.07) is 4.95. The molecule has 3 aromatic heterocycles. The zero-order chi connectivity index (χ0) is 26.8. The lowest BCUT2D eigenvalue weighted by atomic mass is 10.1. The van der Waals surface area contributed by atoms with E-state index in [0.29, 0.717) is 43.9 Å². The molecule has 1 spiro atoms. The number of piperazine rings is 1. The number of carbonyl (C=O) groups is 2. The number of pyridine rings is 2. The topological polar surface area (TPSA) is 95.3 Å². The standard InChI is InChI=1S/C27H32FN7O3/c1-17-13-18-14-21(20(28)15-35(18)31-17)30-24(36)33-10-6-19-22(5-9-29-23(19)33)32-11-12-34(27(16-32)7-8-27)25(37)38-26(2,3)4/h5,9,13-15H,6-8,10-12,16H2,1-4H3,(H,30,36). The second kappa shape index (κ2) is 8.57. The van der Waals surface area contributed by atoms with Gasteiger partial charge in [-0.1, -0.05) is 0 Å². The lowest BCUT2D eigenvalue weighted by molar-refractivity contribution is 0.0106. The van der Waals surface area contributed by atoms with Gasteiger partial charge < -0.3 is 15.0 Å². The molecule has 0 bridgehead atoms. The van der Waals surface area contributed by atoms with E-state index in [2.05, 4.69) is 20.3 Å². The molecule has 1 aliphatic carbocycles. The van der Waals surface area contributed by atoms with E-state index in [1.54, 1.807) is 17.2 Å². The number of anilines is 3. The summed E-state index contributed by atoms with van der Waals surface area (Å²) < 4.78 is 21.8. The Labute approximate surface area is 220 Å². The number of aryl methyl sites for hydroxylation is 1. The number of nitrogens with one attached hydrogen (secondary N) is 1. The number of nitrogens with zero attached hydrogens (tertiary/aromatic N) is 6. The van der Waals surface area contributed by atoms with Crippen molar-refractivity contribution in [1.82, 2.24) is 19.5 Å². The zero-order valence-electron chi connectivity index (χ0n) is 22.1. The van der Waals surface area contributed by atoms with Crippen molar-refractivity contribution in [2.24, 2.45) is 0 Å². The average Bonchev–Trinajstić information content (AvgIpc) is 3.29. The second-order valence-corrected chi connectivity index (χ2v) is 11.4. The maximum Gasteiger partial charge on any atom is 0.410 e. The van der Waals surface area contributed by atoms with E-state index in [1.807, 2.05) is 44.7 Å². The minimum absolute atomic E-state index is 0.0981. The normalized spacial score (nSPS) is 18.2. The number of amides is 3. The molecule has 3 amide bonds. The number of halogens is 1. The Morgan fingerprint density at radius 2 is 1.95 bits per heavy atom. The van der Waals surface area contributed by atoms with E-state index in [0.717, 1.165) is 29.8 Å². The highest BCUT2D eigenvalue weighted by atomic mass is 19.1. The Balaban J connectivity index is 1.20. The van der Waals surface area contributed by atoms with Gasteiger partial charge in [-0.3, -0.25) is 9.80 Å². The third-order valence-electron chi connectivity index (χ3n) is 7.44. The van der Waals surface area contributed by atoms with Crippen LogP contribution in [0.4, 0.5) is 31.2 Å². The van der Waals surface area contributed by atoms with Gasteiger partial charge in [0.1, 0.15) is 11.4 Å². The van der Waals surface area contributed by atoms with Crippen molar-refractivity contribution in [3.63, 3.8) is 0 Å². The largest absolute Gasteiger partial charge is 0.444 e. The van der Waals surface area contributed by atoms with Crippen LogP contribution in [0.1, 0.15) is 44.9 Å². The summed E-state index contributed by atoms with van der Waals surface area (Å²) in [5, 5.41) is 6.92. The van der Waals surface area contributed by atoms with Crippen molar-refractivity contribution in [2.45, 2.75) is 58.1 Å². The lowest BCUT2D eigenvalue weighted by Gasteiger charge is -2.43. The minimum Gasteiger partial charge on any atom is -0.444 e. The molecule has 1 N–H and O–H groups in total. The second-order valence-electron chi connectivity index (χ2n) is 11.4. The first kappa shape index (κ1) is 24.4. The number of rotatable bonds is 2. The summed E-state index contributed by atoms with van der Waals surface area (Å²) in [4.78, 5) is 36.3. The predicted molar refractivity (Wildman–Crippen MR) is 141 cm³/mol. The summed E-state index contributed by atoms with van der Waals surface area (Å²) in [5.41, 5.74) is 2.83. The van der Waals surface area contributed by atoms with E-state index in [-0.39, 0.29) is 17.3 Å². The molecule has 6 rings (SSSR count). The first-order chi connectivity index (χ1) is 18.0. The first-order valence-corrected chi connectivity index (χ1v) is 13.0. The van der Waals surface area contributed by atoms with Crippen LogP contribution in [0.2, 0.25) is 0 Å². The first-order valence-electron chi connectivity index (χ1n) is 13.0. The van der Waals surface area contributed by atoms with Crippen LogP contribution in [-0.4, -0.2) is 68.9 Å². The maximum absolute atomic E-state index is 14.7. The number of aromatic nitrogens is 3. The molecule has 10 nitrogen and oxygen atoms in total. The van der Waals surface area contributed by atoms with Crippen LogP contribution in [0.5, 0.6) is 0 Å². The van der Waals surface area contributed by atoms with Crippen LogP contribution in [0.25, 0.3) is 5.52 Å². The molecule has 0 radical (unpaired) electrons. The maximum atomic E-state index is 14.7. The van der Waals surface area contributed by atoms with Crippen molar-refractivity contribution in [1.29, 1.82) is 0 Å². The van der Waals surface area contributed by atoms with Gasteiger partial charge in [-0.25, -0.2) is 23.5 Å². The fourth-order valence-electron chi connectivity index (χ4n) is 5.55. The highest BCUT2D eigenvalue weighted by Gasteiger charge is 2.54. The molecular weight excluding hydrogens is 489 g/mol. The van der Waals surface area contributed by atoms with Gasteiger partial charge >= 0.3 is 12.1 Å². The molecule has 200 valence electrons. The fraction of sp³-hybridized carbons (Fsp3) is 0.481. The SMILES string of the molecule is Cc1cc2cc(NC(=O)N3CCc4c(N5CCN(C(=O)OC(C)(C)C)C6(CC6)C5)ccnc43)c(F)cn2n1. The van der Waals surface area contributed by atoms with Gasteiger partial charge in [-0.15, -0.1) is 0 Å². The number of ether oxygens (including phenoxy) is 1. The molecule has 1 saturated heterocycles. The third-order valence-corrected chi connectivity index (χ3v) is 7.44. The van der Waals surface area contributed by atoms with Gasteiger partial charge in [-0.05, 0) is 65.2 Å². The molecule has 2 fully saturated rings. The van der Waals surface area contributed by atoms with Crippen LogP contribution in [-0.2, 0) is 11.2 Å². The Hall–Kier alpha value is -3.89. The molecule has 0 aromatic carbocycles. The summed E-state index contributed by atoms with van der Waals surface area (Å²) in [5.74, 6) is 0.0220. The van der Waals surface area contributed by atoms with E-state index >= 15 is 0 Å². The highest BCUT2D eigenvalue weighted by molar-refractivity contribution is 6.03. The van der Waals surface area contributed by atoms with Gasteiger partial charge in [0.2, 0.25) is 0 Å². The summed E-state index contributed by atoms with van der Waals surface area (Å²) in [6.07, 6.45) is 5.25. The van der Waals surface area contributed by atoms with Crippen LogP contribution in [0.3, 0.4) is 0 Å². The molecule has 11 heteroatoms. The molecule has 0 unspecified atom stereocenters. The highest BCUT2D eigenvalue weighted by Crippen LogP contribution is 2.47. The van der Waals surface area contributed by atoms with Crippen LogP contribution < -0.4 is 15.1 Å². The van der Waals surface area contributed by atoms with Gasteiger partial charge in [0, 0.05) is 43.6 Å². The van der Waals surface area contributed by atoms with Crippen molar-refractivity contribution in [3.8, 4) is 0 Å². The van der Waals surface area contributed by atoms with E-state index in [1.165, 1.54) is 10.7 Å². The van der Waals surface area contributed by atoms with E-state index < -0.39 is 17.4 Å². The quantitative estimate of drug-likeness (QED) is 0.539. The molecule has 3 aromatic rings. The summed E-state index contributed by atoms with van der Waals surface area (Å²) >= 11 is 0. The Kier molecular flexibility index (Phi) is 5.51. The van der Waals surface area contributed by atoms with Crippen LogP contribution >= 0.6 is 0 Å². The van der Waals surface area contributed by atoms with Crippen molar-refractivity contribution < 1.29 is 18.7 Å². The van der Waals surface area contributed by atoms with Crippen LogP contribution in [0.15, 0.2) is 30.6 Å². The lowest BCUT2D eigenvalue weighted by Crippen LogP contribution is -2.58. The van der Waals surface area contributed by atoms with Gasteiger partial charge in [0.25, 0.3) is 0 Å². The number of carbonyl (C=O) groups excluding carboxylic acids is 2. The molecular formula is C27H32FN7O3. The van der Waals surface area contributed by atoms with E-state index in [9.17, 15) is 14.0 Å². The molecule has 0 atom stereocenters. The molecule has 2 aliphatic heterocycles. The number of hydrogen-bond donors (Lipinski definition) is 1. The Bertz CT molecular complexity index is 1440. The summed E-state index contributed by atoms with van der Waals surface area (Å²) in [6.45, 7) is 9.88. The van der Waals surface area contributed by atoms with Crippen molar-refractivity contribution in [3.05, 3.63) is 47.7 Å². The Morgan fingerprint density at radius 3 is 2.68 bits per heavy atom. The third kappa shape index (κ3) is 4.29. The van der Waals surface area contributed by atoms with E-state index in [4.69, 9.17) is 4.74 Å². The Morgan fingerprint density at radius 1 is 1.16 bits per heavy atom. The monoisotopic (exact) mass is 521 g/mol. The number of hydrogen-bond acceptors (Lipinski definition) is 6. The smallest absolute Gasteiger partial charge is 0.410 e.